The van der Waals surface area contributed by atoms with Crippen molar-refractivity contribution < 1.29 is 9.50 Å². The molecule has 2 aromatic heterocycles. The minimum Gasteiger partial charge on any atom is -0.393 e. The molecule has 92 valence electrons. The first-order valence-electron chi connectivity index (χ1n) is 5.07. The van der Waals surface area contributed by atoms with Crippen LogP contribution in [0.15, 0.2) is 11.1 Å². The van der Waals surface area contributed by atoms with Gasteiger partial charge in [-0.15, -0.1) is 0 Å². The number of hydrogen-bond acceptors (Lipinski definition) is 5. The van der Waals surface area contributed by atoms with Crippen molar-refractivity contribution >= 4 is 17.1 Å². The minimum absolute atomic E-state index is 0.0109. The fourth-order valence-corrected chi connectivity index (χ4v) is 1.50. The number of aryl methyl sites for hydroxylation is 1. The molecule has 0 aliphatic rings. The van der Waals surface area contributed by atoms with Crippen molar-refractivity contribution in [3.05, 3.63) is 16.7 Å². The van der Waals surface area contributed by atoms with Gasteiger partial charge in [-0.2, -0.15) is 4.98 Å². The summed E-state index contributed by atoms with van der Waals surface area (Å²) >= 11 is 0. The zero-order valence-electron chi connectivity index (χ0n) is 8.93. The van der Waals surface area contributed by atoms with Crippen molar-refractivity contribution in [3.63, 3.8) is 0 Å². The van der Waals surface area contributed by atoms with Crippen LogP contribution in [0.3, 0.4) is 0 Å². The summed E-state index contributed by atoms with van der Waals surface area (Å²) in [6.45, 7) is -0.253. The summed E-state index contributed by atoms with van der Waals surface area (Å²) in [5.41, 5.74) is 5.47. The van der Waals surface area contributed by atoms with Gasteiger partial charge in [-0.25, -0.2) is 9.37 Å². The number of nitrogen functional groups attached to an aromatic ring is 1. The van der Waals surface area contributed by atoms with Gasteiger partial charge < -0.3 is 15.4 Å². The Bertz CT molecular complexity index is 578. The van der Waals surface area contributed by atoms with E-state index in [9.17, 15) is 9.18 Å². The Kier molecular flexibility index (Phi) is 3.05. The quantitative estimate of drug-likeness (QED) is 0.663. The van der Waals surface area contributed by atoms with Crippen LogP contribution in [0, 0.1) is 0 Å². The molecule has 0 unspecified atom stereocenters. The summed E-state index contributed by atoms with van der Waals surface area (Å²) < 4.78 is 14.4. The lowest BCUT2D eigenvalue weighted by atomic mass is 10.3. The maximum Gasteiger partial charge on any atom is 0.280 e. The van der Waals surface area contributed by atoms with Crippen molar-refractivity contribution in [2.75, 3.05) is 12.3 Å². The van der Waals surface area contributed by atoms with Crippen LogP contribution in [0.2, 0.25) is 0 Å². The van der Waals surface area contributed by atoms with Crippen LogP contribution in [0.5, 0.6) is 0 Å². The molecule has 0 saturated heterocycles. The molecule has 2 aromatic rings. The molecule has 2 heterocycles. The number of imidazole rings is 1. The molecule has 2 rings (SSSR count). The predicted molar refractivity (Wildman–Crippen MR) is 59.2 cm³/mol. The van der Waals surface area contributed by atoms with E-state index in [0.717, 1.165) is 0 Å². The van der Waals surface area contributed by atoms with Crippen molar-refractivity contribution in [2.24, 2.45) is 0 Å². The number of aromatic amines is 1. The highest BCUT2D eigenvalue weighted by molar-refractivity contribution is 5.70. The smallest absolute Gasteiger partial charge is 0.280 e. The molecule has 1 atom stereocenters. The molecule has 0 amide bonds. The van der Waals surface area contributed by atoms with Crippen LogP contribution in [0.4, 0.5) is 10.3 Å². The molecule has 0 spiro atoms. The molecule has 0 aliphatic carbocycles. The number of anilines is 1. The van der Waals surface area contributed by atoms with E-state index in [-0.39, 0.29) is 24.4 Å². The number of fused-ring (bicyclic) bond motifs is 1. The van der Waals surface area contributed by atoms with Gasteiger partial charge in [0.15, 0.2) is 11.2 Å². The SMILES string of the molecule is Nc1nc2c(ncn2CC[C@H](F)CO)c(=O)[nH]1. The van der Waals surface area contributed by atoms with Gasteiger partial charge in [0, 0.05) is 6.54 Å². The van der Waals surface area contributed by atoms with Crippen LogP contribution in [0.1, 0.15) is 6.42 Å². The van der Waals surface area contributed by atoms with Gasteiger partial charge in [0.25, 0.3) is 5.56 Å². The van der Waals surface area contributed by atoms with E-state index in [4.69, 9.17) is 10.8 Å². The molecule has 0 bridgehead atoms. The molecule has 0 aliphatic heterocycles. The first-order chi connectivity index (χ1) is 8.11. The number of aromatic nitrogens is 4. The Hall–Kier alpha value is -1.96. The number of hydrogen-bond donors (Lipinski definition) is 3. The van der Waals surface area contributed by atoms with Crippen LogP contribution >= 0.6 is 0 Å². The summed E-state index contributed by atoms with van der Waals surface area (Å²) in [6, 6.07) is 0. The first-order valence-corrected chi connectivity index (χ1v) is 5.07. The van der Waals surface area contributed by atoms with Gasteiger partial charge in [-0.3, -0.25) is 9.78 Å². The van der Waals surface area contributed by atoms with Crippen LogP contribution in [-0.2, 0) is 6.54 Å². The highest BCUT2D eigenvalue weighted by Crippen LogP contribution is 2.08. The normalized spacial score (nSPS) is 13.1. The second-order valence-electron chi connectivity index (χ2n) is 3.63. The van der Waals surface area contributed by atoms with Crippen LogP contribution in [-0.4, -0.2) is 37.4 Å². The number of nitrogens with one attached hydrogen (secondary N) is 1. The number of H-pyrrole nitrogens is 1. The lowest BCUT2D eigenvalue weighted by Gasteiger charge is -2.05. The zero-order valence-corrected chi connectivity index (χ0v) is 8.93. The number of rotatable bonds is 4. The van der Waals surface area contributed by atoms with E-state index in [1.807, 2.05) is 0 Å². The molecular formula is C9H12FN5O2. The number of aliphatic hydroxyl groups excluding tert-OH is 1. The van der Waals surface area contributed by atoms with Crippen molar-refractivity contribution in [1.82, 2.24) is 19.5 Å². The molecular weight excluding hydrogens is 229 g/mol. The molecule has 4 N–H and O–H groups in total. The van der Waals surface area contributed by atoms with Crippen molar-refractivity contribution in [2.45, 2.75) is 19.1 Å². The molecule has 0 saturated carbocycles. The van der Waals surface area contributed by atoms with E-state index in [1.165, 1.54) is 10.9 Å². The average Bonchev–Trinajstić information content (AvgIpc) is 2.69. The van der Waals surface area contributed by atoms with Crippen molar-refractivity contribution in [3.8, 4) is 0 Å². The van der Waals surface area contributed by atoms with E-state index in [0.29, 0.717) is 5.65 Å². The highest BCUT2D eigenvalue weighted by Gasteiger charge is 2.11. The number of alkyl halides is 1. The maximum atomic E-state index is 12.9. The third-order valence-corrected chi connectivity index (χ3v) is 2.37. The summed E-state index contributed by atoms with van der Waals surface area (Å²) in [6.07, 6.45) is 0.221. The Morgan fingerprint density at radius 3 is 3.12 bits per heavy atom. The summed E-state index contributed by atoms with van der Waals surface area (Å²) in [4.78, 5) is 21.6. The van der Waals surface area contributed by atoms with Crippen molar-refractivity contribution in [1.29, 1.82) is 0 Å². The fraction of sp³-hybridized carbons (Fsp3) is 0.444. The Labute approximate surface area is 95.1 Å². The zero-order chi connectivity index (χ0) is 12.4. The third-order valence-electron chi connectivity index (χ3n) is 2.37. The Morgan fingerprint density at radius 1 is 1.65 bits per heavy atom. The molecule has 7 nitrogen and oxygen atoms in total. The van der Waals surface area contributed by atoms with Crippen LogP contribution in [0.25, 0.3) is 11.2 Å². The second-order valence-corrected chi connectivity index (χ2v) is 3.63. The topological polar surface area (TPSA) is 110 Å². The van der Waals surface area contributed by atoms with E-state index in [2.05, 4.69) is 15.0 Å². The number of aliphatic hydroxyl groups is 1. The maximum absolute atomic E-state index is 12.9. The lowest BCUT2D eigenvalue weighted by molar-refractivity contribution is 0.166. The van der Waals surface area contributed by atoms with Gasteiger partial charge in [-0.05, 0) is 6.42 Å². The second kappa shape index (κ2) is 4.50. The Balaban J connectivity index is 2.33. The largest absolute Gasteiger partial charge is 0.393 e. The molecule has 17 heavy (non-hydrogen) atoms. The minimum atomic E-state index is -1.30. The summed E-state index contributed by atoms with van der Waals surface area (Å²) in [7, 11) is 0. The molecule has 0 radical (unpaired) electrons. The summed E-state index contributed by atoms with van der Waals surface area (Å²) in [5.74, 6) is -0.0109. The van der Waals surface area contributed by atoms with Crippen LogP contribution < -0.4 is 11.3 Å². The van der Waals surface area contributed by atoms with Gasteiger partial charge in [0.05, 0.1) is 12.9 Å². The van der Waals surface area contributed by atoms with E-state index in [1.54, 1.807) is 0 Å². The monoisotopic (exact) mass is 241 g/mol. The number of nitrogens with two attached hydrogens (primary N) is 1. The summed E-state index contributed by atoms with van der Waals surface area (Å²) in [5, 5.41) is 8.57. The lowest BCUT2D eigenvalue weighted by Crippen LogP contribution is -2.14. The third kappa shape index (κ3) is 2.26. The highest BCUT2D eigenvalue weighted by atomic mass is 19.1. The first kappa shape index (κ1) is 11.5. The van der Waals surface area contributed by atoms with Gasteiger partial charge in [0.1, 0.15) is 6.17 Å². The van der Waals surface area contributed by atoms with Gasteiger partial charge in [-0.1, -0.05) is 0 Å². The van der Waals surface area contributed by atoms with E-state index >= 15 is 0 Å². The van der Waals surface area contributed by atoms with Gasteiger partial charge in [0.2, 0.25) is 5.95 Å². The molecule has 0 aromatic carbocycles. The average molecular weight is 241 g/mol. The number of halogens is 1. The molecule has 0 fully saturated rings. The standard InChI is InChI=1S/C9H12FN5O2/c10-5(3-16)1-2-15-4-12-6-7(15)13-9(11)14-8(6)17/h4-5,16H,1-3H2,(H3,11,13,14,17)/t5-/m0/s1. The van der Waals surface area contributed by atoms with Gasteiger partial charge >= 0.3 is 0 Å². The molecule has 8 heteroatoms. The Morgan fingerprint density at radius 2 is 2.41 bits per heavy atom. The fourth-order valence-electron chi connectivity index (χ4n) is 1.50. The van der Waals surface area contributed by atoms with E-state index < -0.39 is 18.3 Å². The number of nitrogens with zero attached hydrogens (tertiary/aromatic N) is 3. The predicted octanol–water partition coefficient (Wildman–Crippen LogP) is -0.578.